The maximum absolute atomic E-state index is 13.1. The number of hydrogen-bond acceptors (Lipinski definition) is 4. The van der Waals surface area contributed by atoms with Crippen molar-refractivity contribution in [3.63, 3.8) is 0 Å². The van der Waals surface area contributed by atoms with Gasteiger partial charge in [-0.1, -0.05) is 30.3 Å². The number of carbonyl (C=O) groups is 1. The van der Waals surface area contributed by atoms with Gasteiger partial charge in [-0.25, -0.2) is 8.42 Å². The molecule has 0 saturated carbocycles. The number of hydrogen-bond donors (Lipinski definition) is 1. The van der Waals surface area contributed by atoms with E-state index < -0.39 is 27.5 Å². The predicted molar refractivity (Wildman–Crippen MR) is 96.0 cm³/mol. The molecular formula is C18H19F3N2O3S. The second kappa shape index (κ2) is 8.10. The summed E-state index contributed by atoms with van der Waals surface area (Å²) in [4.78, 5) is 13.6. The molecule has 0 radical (unpaired) electrons. The number of nitrogens with zero attached hydrogens (tertiary/aromatic N) is 1. The van der Waals surface area contributed by atoms with Gasteiger partial charge in [-0.3, -0.25) is 9.69 Å². The third-order valence-electron chi connectivity index (χ3n) is 3.74. The van der Waals surface area contributed by atoms with Crippen LogP contribution in [0.1, 0.15) is 11.1 Å². The smallest absolute Gasteiger partial charge is 0.324 e. The maximum Gasteiger partial charge on any atom is 0.416 e. The van der Waals surface area contributed by atoms with Gasteiger partial charge in [0.15, 0.2) is 9.84 Å². The van der Waals surface area contributed by atoms with Gasteiger partial charge in [-0.15, -0.1) is 0 Å². The minimum atomic E-state index is -4.48. The van der Waals surface area contributed by atoms with Gasteiger partial charge in [0, 0.05) is 12.8 Å². The lowest BCUT2D eigenvalue weighted by atomic mass is 10.1. The third kappa shape index (κ3) is 5.80. The Labute approximate surface area is 155 Å². The van der Waals surface area contributed by atoms with E-state index in [4.69, 9.17) is 0 Å². The van der Waals surface area contributed by atoms with Crippen LogP contribution >= 0.6 is 0 Å². The summed E-state index contributed by atoms with van der Waals surface area (Å²) < 4.78 is 62.7. The van der Waals surface area contributed by atoms with Gasteiger partial charge < -0.3 is 5.32 Å². The number of likely N-dealkylation sites (N-methyl/N-ethyl adjacent to an activating group) is 1. The zero-order valence-corrected chi connectivity index (χ0v) is 15.6. The second-order valence-corrected chi connectivity index (χ2v) is 8.13. The van der Waals surface area contributed by atoms with Crippen LogP contribution in [0.4, 0.5) is 18.9 Å². The first-order valence-corrected chi connectivity index (χ1v) is 9.80. The summed E-state index contributed by atoms with van der Waals surface area (Å²) in [5, 5.41) is 2.50. The molecule has 0 aliphatic carbocycles. The molecule has 0 aromatic heterocycles. The highest BCUT2D eigenvalue weighted by Crippen LogP contribution is 2.32. The summed E-state index contributed by atoms with van der Waals surface area (Å²) in [5.41, 5.74) is -0.564. The second-order valence-electron chi connectivity index (χ2n) is 6.14. The third-order valence-corrected chi connectivity index (χ3v) is 4.89. The van der Waals surface area contributed by atoms with Crippen molar-refractivity contribution in [3.8, 4) is 0 Å². The van der Waals surface area contributed by atoms with E-state index in [9.17, 15) is 26.4 Å². The number of para-hydroxylation sites is 1. The van der Waals surface area contributed by atoms with Gasteiger partial charge in [-0.2, -0.15) is 13.2 Å². The Kier molecular flexibility index (Phi) is 6.27. The monoisotopic (exact) mass is 400 g/mol. The van der Waals surface area contributed by atoms with E-state index in [0.29, 0.717) is 0 Å². The fourth-order valence-corrected chi connectivity index (χ4v) is 3.45. The van der Waals surface area contributed by atoms with Crippen LogP contribution in [0.15, 0.2) is 53.4 Å². The van der Waals surface area contributed by atoms with Gasteiger partial charge >= 0.3 is 6.18 Å². The molecule has 27 heavy (non-hydrogen) atoms. The van der Waals surface area contributed by atoms with E-state index in [0.717, 1.165) is 12.3 Å². The van der Waals surface area contributed by atoms with Crippen molar-refractivity contribution in [2.24, 2.45) is 0 Å². The van der Waals surface area contributed by atoms with E-state index in [1.807, 2.05) is 0 Å². The topological polar surface area (TPSA) is 66.5 Å². The SMILES string of the molecule is CN(CC(=O)Nc1ccccc1S(C)(=O)=O)Cc1ccccc1C(F)(F)F. The summed E-state index contributed by atoms with van der Waals surface area (Å²) in [5.74, 6) is -0.530. The van der Waals surface area contributed by atoms with Crippen LogP contribution < -0.4 is 5.32 Å². The summed E-state index contributed by atoms with van der Waals surface area (Å²) in [6, 6.07) is 11.1. The maximum atomic E-state index is 13.1. The van der Waals surface area contributed by atoms with E-state index in [1.165, 1.54) is 48.3 Å². The van der Waals surface area contributed by atoms with E-state index >= 15 is 0 Å². The number of anilines is 1. The summed E-state index contributed by atoms with van der Waals surface area (Å²) in [6.07, 6.45) is -3.45. The average molecular weight is 400 g/mol. The highest BCUT2D eigenvalue weighted by molar-refractivity contribution is 7.90. The van der Waals surface area contributed by atoms with Crippen LogP contribution in [-0.4, -0.2) is 39.1 Å². The Hall–Kier alpha value is -2.39. The molecule has 0 aliphatic rings. The lowest BCUT2D eigenvalue weighted by Gasteiger charge is -2.20. The van der Waals surface area contributed by atoms with Gasteiger partial charge in [0.05, 0.1) is 22.7 Å². The summed E-state index contributed by atoms with van der Waals surface area (Å²) in [6.45, 7) is -0.291. The van der Waals surface area contributed by atoms with Crippen LogP contribution in [0.25, 0.3) is 0 Å². The lowest BCUT2D eigenvalue weighted by molar-refractivity contribution is -0.138. The molecular weight excluding hydrogens is 381 g/mol. The van der Waals surface area contributed by atoms with Gasteiger partial charge in [-0.05, 0) is 30.8 Å². The highest BCUT2D eigenvalue weighted by atomic mass is 32.2. The fourth-order valence-electron chi connectivity index (χ4n) is 2.61. The van der Waals surface area contributed by atoms with Crippen molar-refractivity contribution in [2.45, 2.75) is 17.6 Å². The fraction of sp³-hybridized carbons (Fsp3) is 0.278. The predicted octanol–water partition coefficient (Wildman–Crippen LogP) is 3.18. The number of carbonyl (C=O) groups excluding carboxylic acids is 1. The molecule has 0 fully saturated rings. The van der Waals surface area contributed by atoms with Crippen molar-refractivity contribution in [2.75, 3.05) is 25.2 Å². The zero-order chi connectivity index (χ0) is 20.2. The van der Waals surface area contributed by atoms with Crippen LogP contribution in [0, 0.1) is 0 Å². The minimum absolute atomic E-state index is 0.0246. The van der Waals surface area contributed by atoms with Gasteiger partial charge in [0.25, 0.3) is 0 Å². The van der Waals surface area contributed by atoms with Gasteiger partial charge in [0.1, 0.15) is 0 Å². The molecule has 0 unspecified atom stereocenters. The van der Waals surface area contributed by atoms with Crippen molar-refractivity contribution in [3.05, 3.63) is 59.7 Å². The number of amides is 1. The van der Waals surface area contributed by atoms with Crippen molar-refractivity contribution in [1.82, 2.24) is 4.90 Å². The average Bonchev–Trinajstić information content (AvgIpc) is 2.53. The number of nitrogens with one attached hydrogen (secondary N) is 1. The Morgan fingerprint density at radius 1 is 1.07 bits per heavy atom. The number of sulfone groups is 1. The minimum Gasteiger partial charge on any atom is -0.324 e. The molecule has 0 heterocycles. The van der Waals surface area contributed by atoms with Crippen LogP contribution in [0.5, 0.6) is 0 Å². The number of halogens is 3. The zero-order valence-electron chi connectivity index (χ0n) is 14.7. The lowest BCUT2D eigenvalue weighted by Crippen LogP contribution is -2.30. The largest absolute Gasteiger partial charge is 0.416 e. The van der Waals surface area contributed by atoms with E-state index in [1.54, 1.807) is 6.07 Å². The molecule has 0 atom stereocenters. The quantitative estimate of drug-likeness (QED) is 0.809. The van der Waals surface area contributed by atoms with E-state index in [-0.39, 0.29) is 29.2 Å². The molecule has 1 N–H and O–H groups in total. The van der Waals surface area contributed by atoms with Crippen molar-refractivity contribution in [1.29, 1.82) is 0 Å². The number of alkyl halides is 3. The Bertz CT molecular complexity index is 927. The molecule has 0 spiro atoms. The standard InChI is InChI=1S/C18H19F3N2O3S/c1-23(11-13-7-3-4-8-14(13)18(19,20)21)12-17(24)22-15-9-5-6-10-16(15)27(2,25)26/h3-10H,11-12H2,1-2H3,(H,22,24). The van der Waals surface area contributed by atoms with E-state index in [2.05, 4.69) is 5.32 Å². The number of benzene rings is 2. The van der Waals surface area contributed by atoms with Crippen LogP contribution in [0.3, 0.4) is 0 Å². The molecule has 5 nitrogen and oxygen atoms in total. The highest BCUT2D eigenvalue weighted by Gasteiger charge is 2.33. The first kappa shape index (κ1) is 20.9. The molecule has 2 aromatic rings. The molecule has 2 aromatic carbocycles. The van der Waals surface area contributed by atoms with Crippen molar-refractivity contribution < 1.29 is 26.4 Å². The van der Waals surface area contributed by atoms with Gasteiger partial charge in [0.2, 0.25) is 5.91 Å². The first-order chi connectivity index (χ1) is 12.5. The molecule has 1 amide bonds. The summed E-state index contributed by atoms with van der Waals surface area (Å²) >= 11 is 0. The molecule has 0 aliphatic heterocycles. The van der Waals surface area contributed by atoms with Crippen LogP contribution in [0.2, 0.25) is 0 Å². The number of rotatable bonds is 6. The molecule has 2 rings (SSSR count). The Morgan fingerprint density at radius 2 is 1.67 bits per heavy atom. The molecule has 0 bridgehead atoms. The molecule has 0 saturated heterocycles. The van der Waals surface area contributed by atoms with Crippen LogP contribution in [-0.2, 0) is 27.4 Å². The normalized spacial score (nSPS) is 12.2. The first-order valence-electron chi connectivity index (χ1n) is 7.91. The Morgan fingerprint density at radius 3 is 2.30 bits per heavy atom. The molecule has 146 valence electrons. The Balaban J connectivity index is 2.08. The molecule has 9 heteroatoms. The van der Waals surface area contributed by atoms with Crippen molar-refractivity contribution >= 4 is 21.4 Å². The summed E-state index contributed by atoms with van der Waals surface area (Å²) in [7, 11) is -2.02.